The Kier molecular flexibility index (Phi) is 5.29. The molecule has 0 radical (unpaired) electrons. The van der Waals surface area contributed by atoms with E-state index in [1.807, 2.05) is 41.7 Å². The number of benzene rings is 1. The third-order valence-corrected chi connectivity index (χ3v) is 5.77. The predicted molar refractivity (Wildman–Crippen MR) is 107 cm³/mol. The lowest BCUT2D eigenvalue weighted by Gasteiger charge is -2.37. The van der Waals surface area contributed by atoms with E-state index in [2.05, 4.69) is 38.4 Å². The number of hydrogen-bond donors (Lipinski definition) is 1. The second-order valence-corrected chi connectivity index (χ2v) is 7.62. The number of aliphatic hydroxyl groups excluding tert-OH is 1. The van der Waals surface area contributed by atoms with E-state index in [4.69, 9.17) is 0 Å². The molecule has 3 heterocycles. The van der Waals surface area contributed by atoms with Crippen LogP contribution in [0.15, 0.2) is 66.3 Å². The van der Waals surface area contributed by atoms with Crippen molar-refractivity contribution in [3.8, 4) is 0 Å². The molecule has 4 rings (SSSR count). The summed E-state index contributed by atoms with van der Waals surface area (Å²) in [6.45, 7) is 5.06. The minimum absolute atomic E-state index is 0.649. The third kappa shape index (κ3) is 3.80. The van der Waals surface area contributed by atoms with Crippen molar-refractivity contribution in [3.63, 3.8) is 0 Å². The second-order valence-electron chi connectivity index (χ2n) is 6.59. The number of pyridine rings is 1. The molecule has 1 fully saturated rings. The van der Waals surface area contributed by atoms with Gasteiger partial charge in [0.15, 0.2) is 0 Å². The van der Waals surface area contributed by atoms with Crippen LogP contribution in [0.25, 0.3) is 0 Å². The maximum absolute atomic E-state index is 10.9. The number of aliphatic hydroxyl groups is 1. The van der Waals surface area contributed by atoms with Gasteiger partial charge >= 0.3 is 0 Å². The van der Waals surface area contributed by atoms with E-state index in [-0.39, 0.29) is 0 Å². The Morgan fingerprint density at radius 1 is 1.00 bits per heavy atom. The SMILES string of the molecule is OC(c1cccnc1)c1ccccc1N1CCN(Cc2cccs2)CC1. The highest BCUT2D eigenvalue weighted by atomic mass is 32.1. The molecular weight excluding hydrogens is 342 g/mol. The van der Waals surface area contributed by atoms with Crippen molar-refractivity contribution in [1.82, 2.24) is 9.88 Å². The molecule has 1 aliphatic heterocycles. The minimum Gasteiger partial charge on any atom is -0.384 e. The molecule has 5 heteroatoms. The van der Waals surface area contributed by atoms with Gasteiger partial charge in [0.1, 0.15) is 6.10 Å². The number of para-hydroxylation sites is 1. The Hall–Kier alpha value is -2.21. The Morgan fingerprint density at radius 2 is 1.85 bits per heavy atom. The molecule has 26 heavy (non-hydrogen) atoms. The van der Waals surface area contributed by atoms with E-state index in [0.717, 1.165) is 49.5 Å². The van der Waals surface area contributed by atoms with E-state index in [1.165, 1.54) is 4.88 Å². The molecule has 1 atom stereocenters. The predicted octanol–water partition coefficient (Wildman–Crippen LogP) is 3.55. The van der Waals surface area contributed by atoms with Gasteiger partial charge in [-0.3, -0.25) is 9.88 Å². The second kappa shape index (κ2) is 7.99. The van der Waals surface area contributed by atoms with Gasteiger partial charge in [0.25, 0.3) is 0 Å². The van der Waals surface area contributed by atoms with E-state index < -0.39 is 6.10 Å². The van der Waals surface area contributed by atoms with Gasteiger partial charge in [0.05, 0.1) is 0 Å². The van der Waals surface area contributed by atoms with Crippen LogP contribution < -0.4 is 4.90 Å². The summed E-state index contributed by atoms with van der Waals surface area (Å²) in [5.41, 5.74) is 2.91. The molecule has 1 saturated heterocycles. The zero-order valence-electron chi connectivity index (χ0n) is 14.7. The highest BCUT2D eigenvalue weighted by Gasteiger charge is 2.22. The first kappa shape index (κ1) is 17.2. The number of hydrogen-bond acceptors (Lipinski definition) is 5. The molecule has 1 unspecified atom stereocenters. The van der Waals surface area contributed by atoms with Crippen molar-refractivity contribution in [2.45, 2.75) is 12.6 Å². The number of piperazine rings is 1. The summed E-state index contributed by atoms with van der Waals surface area (Å²) in [7, 11) is 0. The number of anilines is 1. The third-order valence-electron chi connectivity index (χ3n) is 4.90. The van der Waals surface area contributed by atoms with Crippen molar-refractivity contribution in [3.05, 3.63) is 82.3 Å². The lowest BCUT2D eigenvalue weighted by atomic mass is 10.0. The Labute approximate surface area is 158 Å². The summed E-state index contributed by atoms with van der Waals surface area (Å²) in [6.07, 6.45) is 2.82. The standard InChI is InChI=1S/C21H23N3OS/c25-21(17-5-3-9-22-15-17)19-7-1-2-8-20(19)24-12-10-23(11-13-24)16-18-6-4-14-26-18/h1-9,14-15,21,25H,10-13,16H2. The van der Waals surface area contributed by atoms with E-state index >= 15 is 0 Å². The average molecular weight is 366 g/mol. The van der Waals surface area contributed by atoms with Gasteiger partial charge in [-0.15, -0.1) is 11.3 Å². The molecule has 1 aliphatic rings. The van der Waals surface area contributed by atoms with E-state index in [9.17, 15) is 5.11 Å². The van der Waals surface area contributed by atoms with Crippen LogP contribution in [0.5, 0.6) is 0 Å². The summed E-state index contributed by atoms with van der Waals surface area (Å²) < 4.78 is 0. The number of rotatable bonds is 5. The maximum Gasteiger partial charge on any atom is 0.108 e. The molecule has 1 aromatic carbocycles. The average Bonchev–Trinajstić information content (AvgIpc) is 3.22. The molecule has 0 aliphatic carbocycles. The van der Waals surface area contributed by atoms with Crippen LogP contribution in [0.3, 0.4) is 0 Å². The fraction of sp³-hybridized carbons (Fsp3) is 0.286. The molecular formula is C21H23N3OS. The fourth-order valence-electron chi connectivity index (χ4n) is 3.49. The van der Waals surface area contributed by atoms with Crippen molar-refractivity contribution in [1.29, 1.82) is 0 Å². The number of nitrogens with zero attached hydrogens (tertiary/aromatic N) is 3. The van der Waals surface area contributed by atoms with Crippen molar-refractivity contribution >= 4 is 17.0 Å². The molecule has 0 spiro atoms. The Bertz CT molecular complexity index is 814. The highest BCUT2D eigenvalue weighted by molar-refractivity contribution is 7.09. The molecule has 0 amide bonds. The van der Waals surface area contributed by atoms with Gasteiger partial charge in [0.2, 0.25) is 0 Å². The van der Waals surface area contributed by atoms with Gasteiger partial charge < -0.3 is 10.0 Å². The molecule has 4 nitrogen and oxygen atoms in total. The summed E-state index contributed by atoms with van der Waals surface area (Å²) in [5.74, 6) is 0. The molecule has 3 aromatic rings. The van der Waals surface area contributed by atoms with Crippen LogP contribution in [0.4, 0.5) is 5.69 Å². The van der Waals surface area contributed by atoms with Crippen LogP contribution in [0.1, 0.15) is 22.1 Å². The van der Waals surface area contributed by atoms with Crippen LogP contribution in [-0.2, 0) is 6.54 Å². The molecule has 2 aromatic heterocycles. The maximum atomic E-state index is 10.9. The van der Waals surface area contributed by atoms with Crippen LogP contribution >= 0.6 is 11.3 Å². The first-order valence-electron chi connectivity index (χ1n) is 8.98. The van der Waals surface area contributed by atoms with E-state index in [1.54, 1.807) is 12.4 Å². The first-order chi connectivity index (χ1) is 12.8. The van der Waals surface area contributed by atoms with Gasteiger partial charge in [-0.1, -0.05) is 30.3 Å². The topological polar surface area (TPSA) is 39.6 Å². The Morgan fingerprint density at radius 3 is 2.58 bits per heavy atom. The first-order valence-corrected chi connectivity index (χ1v) is 9.86. The fourth-order valence-corrected chi connectivity index (χ4v) is 4.24. The summed E-state index contributed by atoms with van der Waals surface area (Å²) in [6, 6.07) is 16.3. The normalized spacial score (nSPS) is 16.6. The number of thiophene rings is 1. The van der Waals surface area contributed by atoms with Crippen molar-refractivity contribution in [2.75, 3.05) is 31.1 Å². The van der Waals surface area contributed by atoms with Crippen LogP contribution in [0, 0.1) is 0 Å². The van der Waals surface area contributed by atoms with E-state index in [0.29, 0.717) is 0 Å². The molecule has 1 N–H and O–H groups in total. The van der Waals surface area contributed by atoms with Crippen LogP contribution in [-0.4, -0.2) is 41.2 Å². The summed E-state index contributed by atoms with van der Waals surface area (Å²) >= 11 is 1.82. The summed E-state index contributed by atoms with van der Waals surface area (Å²) in [4.78, 5) is 10.5. The quantitative estimate of drug-likeness (QED) is 0.751. The summed E-state index contributed by atoms with van der Waals surface area (Å²) in [5, 5.41) is 13.0. The van der Waals surface area contributed by atoms with Gasteiger partial charge in [0, 0.05) is 66.8 Å². The number of aromatic nitrogens is 1. The zero-order valence-corrected chi connectivity index (χ0v) is 15.5. The van der Waals surface area contributed by atoms with Crippen LogP contribution in [0.2, 0.25) is 0 Å². The molecule has 134 valence electrons. The minimum atomic E-state index is -0.649. The zero-order chi connectivity index (χ0) is 17.8. The monoisotopic (exact) mass is 365 g/mol. The van der Waals surface area contributed by atoms with Crippen molar-refractivity contribution < 1.29 is 5.11 Å². The largest absolute Gasteiger partial charge is 0.384 e. The highest BCUT2D eigenvalue weighted by Crippen LogP contribution is 2.31. The van der Waals surface area contributed by atoms with Gasteiger partial charge in [-0.25, -0.2) is 0 Å². The smallest absolute Gasteiger partial charge is 0.108 e. The van der Waals surface area contributed by atoms with Gasteiger partial charge in [-0.05, 0) is 23.6 Å². The Balaban J connectivity index is 1.47. The molecule has 0 bridgehead atoms. The molecule has 0 saturated carbocycles. The lowest BCUT2D eigenvalue weighted by molar-refractivity contribution is 0.218. The van der Waals surface area contributed by atoms with Crippen molar-refractivity contribution in [2.24, 2.45) is 0 Å². The lowest BCUT2D eigenvalue weighted by Crippen LogP contribution is -2.46. The van der Waals surface area contributed by atoms with Gasteiger partial charge in [-0.2, -0.15) is 0 Å².